The number of pyridine rings is 1. The predicted molar refractivity (Wildman–Crippen MR) is 102 cm³/mol. The van der Waals surface area contributed by atoms with Crippen molar-refractivity contribution in [2.24, 2.45) is 5.92 Å². The van der Waals surface area contributed by atoms with Crippen LogP contribution in [0, 0.1) is 5.92 Å². The highest BCUT2D eigenvalue weighted by Gasteiger charge is 2.37. The topological polar surface area (TPSA) is 88.8 Å². The van der Waals surface area contributed by atoms with E-state index in [-0.39, 0.29) is 29.9 Å². The molecule has 2 atom stereocenters. The number of amides is 1. The summed E-state index contributed by atoms with van der Waals surface area (Å²) < 4.78 is 6.83. The third-order valence-electron chi connectivity index (χ3n) is 5.48. The molecule has 28 heavy (non-hydrogen) atoms. The van der Waals surface area contributed by atoms with Crippen molar-refractivity contribution in [2.45, 2.75) is 18.9 Å². The van der Waals surface area contributed by atoms with Gasteiger partial charge in [-0.15, -0.1) is 0 Å². The van der Waals surface area contributed by atoms with Gasteiger partial charge in [-0.3, -0.25) is 9.59 Å². The Bertz CT molecular complexity index is 953. The Balaban J connectivity index is 1.62. The highest BCUT2D eigenvalue weighted by molar-refractivity contribution is 5.78. The van der Waals surface area contributed by atoms with Crippen LogP contribution >= 0.6 is 0 Å². The van der Waals surface area contributed by atoms with Crippen LogP contribution in [0.3, 0.4) is 0 Å². The zero-order chi connectivity index (χ0) is 19.7. The van der Waals surface area contributed by atoms with E-state index >= 15 is 0 Å². The largest absolute Gasteiger partial charge is 0.480 e. The van der Waals surface area contributed by atoms with E-state index in [1.54, 1.807) is 11.0 Å². The van der Waals surface area contributed by atoms with Gasteiger partial charge in [-0.1, -0.05) is 30.3 Å². The maximum Gasteiger partial charge on any atom is 0.329 e. The van der Waals surface area contributed by atoms with Gasteiger partial charge in [0.1, 0.15) is 13.2 Å². The number of benzene rings is 1. The summed E-state index contributed by atoms with van der Waals surface area (Å²) in [5.41, 5.74) is 3.06. The lowest BCUT2D eigenvalue weighted by Crippen LogP contribution is -2.50. The van der Waals surface area contributed by atoms with Gasteiger partial charge in [-0.2, -0.15) is 0 Å². The molecule has 7 nitrogen and oxygen atoms in total. The zero-order valence-corrected chi connectivity index (χ0v) is 15.4. The fourth-order valence-electron chi connectivity index (χ4n) is 4.40. The quantitative estimate of drug-likeness (QED) is 0.848. The second-order valence-electron chi connectivity index (χ2n) is 7.43. The summed E-state index contributed by atoms with van der Waals surface area (Å²) in [6.07, 6.45) is 0.934. The lowest BCUT2D eigenvalue weighted by molar-refractivity contribution is -0.146. The van der Waals surface area contributed by atoms with Crippen LogP contribution < -0.4 is 5.56 Å². The van der Waals surface area contributed by atoms with E-state index in [4.69, 9.17) is 9.84 Å². The molecule has 7 heteroatoms. The molecule has 1 aromatic carbocycles. The maximum atomic E-state index is 12.5. The van der Waals surface area contributed by atoms with Gasteiger partial charge in [-0.05, 0) is 24.0 Å². The number of carbonyl (C=O) groups excluding carboxylic acids is 1. The van der Waals surface area contributed by atoms with Gasteiger partial charge in [0.2, 0.25) is 5.91 Å². The fraction of sp³-hybridized carbons (Fsp3) is 0.381. The highest BCUT2D eigenvalue weighted by atomic mass is 16.5. The molecule has 1 N–H and O–H groups in total. The number of carbonyl (C=O) groups is 2. The zero-order valence-electron chi connectivity index (χ0n) is 15.4. The van der Waals surface area contributed by atoms with Crippen molar-refractivity contribution in [1.29, 1.82) is 0 Å². The number of piperidine rings is 1. The molecule has 2 bridgehead atoms. The van der Waals surface area contributed by atoms with Gasteiger partial charge < -0.3 is 19.3 Å². The Morgan fingerprint density at radius 1 is 1.04 bits per heavy atom. The van der Waals surface area contributed by atoms with Crippen LogP contribution in [-0.2, 0) is 20.9 Å². The Morgan fingerprint density at radius 2 is 1.82 bits per heavy atom. The average molecular weight is 382 g/mol. The highest BCUT2D eigenvalue weighted by Crippen LogP contribution is 2.39. The van der Waals surface area contributed by atoms with Gasteiger partial charge in [0.25, 0.3) is 5.56 Å². The third-order valence-corrected chi connectivity index (χ3v) is 5.48. The molecule has 4 rings (SSSR count). The van der Waals surface area contributed by atoms with E-state index in [9.17, 15) is 14.4 Å². The number of ether oxygens (including phenoxy) is 1. The second kappa shape index (κ2) is 7.59. The Hall–Kier alpha value is -2.93. The van der Waals surface area contributed by atoms with E-state index < -0.39 is 12.6 Å². The number of rotatable bonds is 5. The summed E-state index contributed by atoms with van der Waals surface area (Å²) in [7, 11) is 0. The number of hydrogen-bond acceptors (Lipinski definition) is 4. The molecule has 2 aromatic rings. The van der Waals surface area contributed by atoms with Crippen molar-refractivity contribution in [2.75, 3.05) is 26.3 Å². The number of nitrogens with zero attached hydrogens (tertiary/aromatic N) is 2. The summed E-state index contributed by atoms with van der Waals surface area (Å²) in [6.45, 7) is 0.940. The van der Waals surface area contributed by atoms with E-state index in [2.05, 4.69) is 0 Å². The summed E-state index contributed by atoms with van der Waals surface area (Å²) in [5, 5.41) is 8.66. The third kappa shape index (κ3) is 3.57. The second-order valence-corrected chi connectivity index (χ2v) is 7.43. The maximum absolute atomic E-state index is 12.5. The van der Waals surface area contributed by atoms with Crippen LogP contribution in [0.2, 0.25) is 0 Å². The summed E-state index contributed by atoms with van der Waals surface area (Å²) in [6, 6.07) is 13.4. The molecule has 0 spiro atoms. The number of hydrogen-bond donors (Lipinski definition) is 1. The first-order valence-corrected chi connectivity index (χ1v) is 9.39. The van der Waals surface area contributed by atoms with Crippen LogP contribution in [0.5, 0.6) is 0 Å². The van der Waals surface area contributed by atoms with Gasteiger partial charge in [0, 0.05) is 42.9 Å². The van der Waals surface area contributed by atoms with Crippen LogP contribution in [0.1, 0.15) is 18.0 Å². The summed E-state index contributed by atoms with van der Waals surface area (Å²) in [4.78, 5) is 37.3. The monoisotopic (exact) mass is 382 g/mol. The molecule has 1 aromatic heterocycles. The predicted octanol–water partition coefficient (Wildman–Crippen LogP) is 1.56. The number of fused-ring (bicyclic) bond motifs is 4. The average Bonchev–Trinajstić information content (AvgIpc) is 2.69. The van der Waals surface area contributed by atoms with E-state index in [1.807, 2.05) is 41.0 Å². The van der Waals surface area contributed by atoms with Crippen molar-refractivity contribution in [3.05, 3.63) is 58.5 Å². The Morgan fingerprint density at radius 3 is 2.57 bits per heavy atom. The first kappa shape index (κ1) is 18.4. The smallest absolute Gasteiger partial charge is 0.329 e. The SMILES string of the molecule is O=C(O)COCC(=O)N1C[C@@H]2C[C@@H](C1)c1c(-c3ccccc3)ccc(=O)n1C2. The fourth-order valence-corrected chi connectivity index (χ4v) is 4.40. The number of aliphatic carboxylic acids is 1. The molecule has 1 saturated heterocycles. The molecule has 1 fully saturated rings. The van der Waals surface area contributed by atoms with Gasteiger partial charge in [0.05, 0.1) is 0 Å². The molecular formula is C21H22N2O5. The molecule has 2 aliphatic rings. The Labute approximate surface area is 162 Å². The minimum absolute atomic E-state index is 0.00560. The van der Waals surface area contributed by atoms with Gasteiger partial charge in [-0.25, -0.2) is 4.79 Å². The first-order valence-electron chi connectivity index (χ1n) is 9.39. The molecule has 0 saturated carbocycles. The number of aromatic nitrogens is 1. The van der Waals surface area contributed by atoms with Gasteiger partial charge >= 0.3 is 5.97 Å². The number of carboxylic acids is 1. The number of likely N-dealkylation sites (tertiary alicyclic amines) is 1. The van der Waals surface area contributed by atoms with Crippen LogP contribution in [0.25, 0.3) is 11.1 Å². The molecule has 0 aliphatic carbocycles. The molecular weight excluding hydrogens is 360 g/mol. The molecule has 0 unspecified atom stereocenters. The molecule has 2 aliphatic heterocycles. The lowest BCUT2D eigenvalue weighted by Gasteiger charge is -2.43. The lowest BCUT2D eigenvalue weighted by atomic mass is 9.80. The van der Waals surface area contributed by atoms with E-state index in [0.717, 1.165) is 23.2 Å². The summed E-state index contributed by atoms with van der Waals surface area (Å²) in [5.74, 6) is -1.02. The van der Waals surface area contributed by atoms with Crippen LogP contribution in [0.15, 0.2) is 47.3 Å². The van der Waals surface area contributed by atoms with E-state index in [1.165, 1.54) is 0 Å². The molecule has 1 amide bonds. The molecule has 3 heterocycles. The molecule has 0 radical (unpaired) electrons. The minimum Gasteiger partial charge on any atom is -0.480 e. The standard InChI is InChI=1S/C21H22N2O5/c24-18-7-6-17(15-4-2-1-3-5-15)21-16-8-14(10-23(18)21)9-22(11-16)19(25)12-28-13-20(26)27/h1-7,14,16H,8-13H2,(H,26,27)/t14-,16-/m0/s1. The first-order chi connectivity index (χ1) is 13.5. The van der Waals surface area contributed by atoms with Crippen LogP contribution in [0.4, 0.5) is 0 Å². The van der Waals surface area contributed by atoms with Gasteiger partial charge in [0.15, 0.2) is 0 Å². The minimum atomic E-state index is -1.09. The van der Waals surface area contributed by atoms with Crippen molar-refractivity contribution in [3.63, 3.8) is 0 Å². The Kier molecular flexibility index (Phi) is 5.00. The normalized spacial score (nSPS) is 20.5. The van der Waals surface area contributed by atoms with Crippen molar-refractivity contribution in [1.82, 2.24) is 9.47 Å². The number of carboxylic acid groups (broad SMARTS) is 1. The molecule has 146 valence electrons. The summed E-state index contributed by atoms with van der Waals surface area (Å²) >= 11 is 0. The van der Waals surface area contributed by atoms with Crippen molar-refractivity contribution in [3.8, 4) is 11.1 Å². The van der Waals surface area contributed by atoms with Crippen molar-refractivity contribution >= 4 is 11.9 Å². The van der Waals surface area contributed by atoms with Crippen molar-refractivity contribution < 1.29 is 19.4 Å². The van der Waals surface area contributed by atoms with Crippen LogP contribution in [-0.4, -0.2) is 52.8 Å². The van der Waals surface area contributed by atoms with E-state index in [0.29, 0.717) is 19.6 Å².